The Kier molecular flexibility index (Phi) is 6.03. The lowest BCUT2D eigenvalue weighted by Gasteiger charge is -2.53. The summed E-state index contributed by atoms with van der Waals surface area (Å²) in [6, 6.07) is 2.09. The van der Waals surface area contributed by atoms with E-state index in [2.05, 4.69) is 66.8 Å². The van der Waals surface area contributed by atoms with Gasteiger partial charge in [-0.2, -0.15) is 0 Å². The van der Waals surface area contributed by atoms with Crippen molar-refractivity contribution in [3.63, 3.8) is 0 Å². The van der Waals surface area contributed by atoms with Crippen LogP contribution in [0.4, 0.5) is 0 Å². The minimum atomic E-state index is -1.90. The summed E-state index contributed by atoms with van der Waals surface area (Å²) in [5.74, 6) is 1.37. The maximum absolute atomic E-state index is 9.55. The molecule has 5 heteroatoms. The second-order valence-electron chi connectivity index (χ2n) is 10.5. The third-order valence-corrected chi connectivity index (χ3v) is 12.5. The quantitative estimate of drug-likeness (QED) is 0.426. The predicted octanol–water partition coefficient (Wildman–Crippen LogP) is 6.13. The summed E-state index contributed by atoms with van der Waals surface area (Å²) in [6.07, 6.45) is 6.98. The molecule has 1 heterocycles. The molecule has 0 spiro atoms. The zero-order valence-corrected chi connectivity index (χ0v) is 20.6. The molecule has 0 aliphatic heterocycles. The zero-order valence-electron chi connectivity index (χ0n) is 19.6. The van der Waals surface area contributed by atoms with E-state index >= 15 is 0 Å². The molecule has 3 rings (SSSR count). The molecule has 2 aliphatic carbocycles. The standard InChI is InChI=1S/C24H40O4Si/c1-9-23-16-17(2)21-20(11-14-26-21)24(23,27-15-13-25)12-10-19(23)18(3)28-29(7,8)22(4,5)6/h10-11,14,17-18,25H,9,12-13,15-16H2,1-8H3/t17-,18-,23-,24+/m1/s1. The Labute approximate surface area is 177 Å². The Balaban J connectivity index is 2.04. The van der Waals surface area contributed by atoms with Crippen molar-refractivity contribution in [2.75, 3.05) is 13.2 Å². The summed E-state index contributed by atoms with van der Waals surface area (Å²) in [7, 11) is -1.90. The minimum Gasteiger partial charge on any atom is -0.469 e. The first-order valence-electron chi connectivity index (χ1n) is 11.2. The molecule has 0 saturated heterocycles. The number of aliphatic hydroxyl groups is 1. The van der Waals surface area contributed by atoms with E-state index in [-0.39, 0.29) is 23.2 Å². The lowest BCUT2D eigenvalue weighted by molar-refractivity contribution is -0.143. The highest BCUT2D eigenvalue weighted by molar-refractivity contribution is 6.74. The molecular weight excluding hydrogens is 380 g/mol. The Morgan fingerprint density at radius 3 is 2.62 bits per heavy atom. The summed E-state index contributed by atoms with van der Waals surface area (Å²) >= 11 is 0. The molecule has 0 radical (unpaired) electrons. The van der Waals surface area contributed by atoms with Gasteiger partial charge in [-0.25, -0.2) is 0 Å². The van der Waals surface area contributed by atoms with Gasteiger partial charge in [-0.05, 0) is 56.0 Å². The number of hydrogen-bond donors (Lipinski definition) is 1. The van der Waals surface area contributed by atoms with Gasteiger partial charge in [-0.3, -0.25) is 0 Å². The first kappa shape index (κ1) is 22.8. The van der Waals surface area contributed by atoms with Crippen LogP contribution in [-0.2, 0) is 14.8 Å². The number of ether oxygens (including phenoxy) is 1. The van der Waals surface area contributed by atoms with Crippen LogP contribution in [0.15, 0.2) is 28.4 Å². The van der Waals surface area contributed by atoms with Gasteiger partial charge in [-0.15, -0.1) is 0 Å². The minimum absolute atomic E-state index is 0.0235. The highest BCUT2D eigenvalue weighted by atomic mass is 28.4. The lowest BCUT2D eigenvalue weighted by Crippen LogP contribution is -2.52. The van der Waals surface area contributed by atoms with Crippen molar-refractivity contribution < 1.29 is 18.7 Å². The van der Waals surface area contributed by atoms with Gasteiger partial charge < -0.3 is 18.7 Å². The van der Waals surface area contributed by atoms with Crippen LogP contribution >= 0.6 is 0 Å². The van der Waals surface area contributed by atoms with E-state index in [0.29, 0.717) is 12.5 Å². The van der Waals surface area contributed by atoms with Crippen LogP contribution in [-0.4, -0.2) is 32.7 Å². The van der Waals surface area contributed by atoms with Crippen molar-refractivity contribution in [2.45, 2.75) is 96.6 Å². The summed E-state index contributed by atoms with van der Waals surface area (Å²) in [5, 5.41) is 9.72. The lowest BCUT2D eigenvalue weighted by atomic mass is 9.57. The molecule has 0 aromatic carbocycles. The first-order chi connectivity index (χ1) is 13.5. The van der Waals surface area contributed by atoms with Gasteiger partial charge in [0.2, 0.25) is 0 Å². The fraction of sp³-hybridized carbons (Fsp3) is 0.750. The third-order valence-electron chi connectivity index (χ3n) is 7.93. The van der Waals surface area contributed by atoms with Crippen LogP contribution in [0.1, 0.15) is 78.0 Å². The first-order valence-corrected chi connectivity index (χ1v) is 14.1. The maximum atomic E-state index is 9.55. The molecule has 0 fully saturated rings. The molecule has 1 aromatic heterocycles. The normalized spacial score (nSPS) is 30.7. The number of furan rings is 1. The summed E-state index contributed by atoms with van der Waals surface area (Å²) in [6.45, 7) is 18.6. The second kappa shape index (κ2) is 7.67. The van der Waals surface area contributed by atoms with Gasteiger partial charge in [0, 0.05) is 16.9 Å². The van der Waals surface area contributed by atoms with E-state index in [0.717, 1.165) is 30.6 Å². The molecule has 4 nitrogen and oxygen atoms in total. The van der Waals surface area contributed by atoms with Crippen molar-refractivity contribution in [3.8, 4) is 0 Å². The van der Waals surface area contributed by atoms with Crippen LogP contribution in [0.25, 0.3) is 0 Å². The van der Waals surface area contributed by atoms with Crippen molar-refractivity contribution in [1.82, 2.24) is 0 Å². The number of aliphatic hydroxyl groups excluding tert-OH is 1. The molecule has 164 valence electrons. The Bertz CT molecular complexity index is 759. The molecule has 0 bridgehead atoms. The van der Waals surface area contributed by atoms with E-state index in [1.165, 1.54) is 5.57 Å². The molecular formula is C24H40O4Si. The fourth-order valence-electron chi connectivity index (χ4n) is 5.55. The van der Waals surface area contributed by atoms with Gasteiger partial charge in [0.05, 0.1) is 25.6 Å². The smallest absolute Gasteiger partial charge is 0.192 e. The molecule has 1 aromatic rings. The van der Waals surface area contributed by atoms with Gasteiger partial charge >= 0.3 is 0 Å². The maximum Gasteiger partial charge on any atom is 0.192 e. The molecule has 0 amide bonds. The molecule has 1 N–H and O–H groups in total. The molecule has 29 heavy (non-hydrogen) atoms. The second-order valence-corrected chi connectivity index (χ2v) is 15.3. The Morgan fingerprint density at radius 1 is 1.34 bits per heavy atom. The Morgan fingerprint density at radius 2 is 2.03 bits per heavy atom. The topological polar surface area (TPSA) is 51.8 Å². The third kappa shape index (κ3) is 3.38. The summed E-state index contributed by atoms with van der Waals surface area (Å²) in [4.78, 5) is 0. The number of rotatable bonds is 7. The average Bonchev–Trinajstić information content (AvgIpc) is 3.23. The van der Waals surface area contributed by atoms with Crippen molar-refractivity contribution in [1.29, 1.82) is 0 Å². The van der Waals surface area contributed by atoms with Gasteiger partial charge in [0.25, 0.3) is 0 Å². The summed E-state index contributed by atoms with van der Waals surface area (Å²) < 4.78 is 19.3. The molecule has 0 unspecified atom stereocenters. The number of fused-ring (bicyclic) bond motifs is 3. The summed E-state index contributed by atoms with van der Waals surface area (Å²) in [5.41, 5.74) is 1.93. The van der Waals surface area contributed by atoms with Crippen LogP contribution in [0.5, 0.6) is 0 Å². The van der Waals surface area contributed by atoms with E-state index in [9.17, 15) is 5.11 Å². The zero-order chi connectivity index (χ0) is 21.7. The van der Waals surface area contributed by atoms with Crippen LogP contribution < -0.4 is 0 Å². The highest BCUT2D eigenvalue weighted by Crippen LogP contribution is 2.66. The van der Waals surface area contributed by atoms with E-state index < -0.39 is 13.9 Å². The van der Waals surface area contributed by atoms with Crippen LogP contribution in [0, 0.1) is 5.41 Å². The molecule has 2 aliphatic rings. The SMILES string of the molecule is CC[C@]12C[C@@H](C)c3occc3[C@@]1(OCCO)CC=C2[C@@H](C)O[Si](C)(C)C(C)(C)C. The predicted molar refractivity (Wildman–Crippen MR) is 120 cm³/mol. The monoisotopic (exact) mass is 420 g/mol. The van der Waals surface area contributed by atoms with Gasteiger partial charge in [0.1, 0.15) is 11.4 Å². The largest absolute Gasteiger partial charge is 0.469 e. The molecule has 0 saturated carbocycles. The van der Waals surface area contributed by atoms with Gasteiger partial charge in [0.15, 0.2) is 8.32 Å². The van der Waals surface area contributed by atoms with Crippen LogP contribution in [0.2, 0.25) is 18.1 Å². The van der Waals surface area contributed by atoms with Crippen molar-refractivity contribution >= 4 is 8.32 Å². The average molecular weight is 421 g/mol. The fourth-order valence-corrected chi connectivity index (χ4v) is 6.91. The van der Waals surface area contributed by atoms with Crippen molar-refractivity contribution in [2.24, 2.45) is 5.41 Å². The highest BCUT2D eigenvalue weighted by Gasteiger charge is 2.63. The van der Waals surface area contributed by atoms with E-state index in [4.69, 9.17) is 13.6 Å². The van der Waals surface area contributed by atoms with Crippen LogP contribution in [0.3, 0.4) is 0 Å². The number of hydrogen-bond acceptors (Lipinski definition) is 4. The van der Waals surface area contributed by atoms with Gasteiger partial charge in [-0.1, -0.05) is 40.7 Å². The molecule has 4 atom stereocenters. The Hall–Kier alpha value is -0.883. The van der Waals surface area contributed by atoms with Crippen molar-refractivity contribution in [3.05, 3.63) is 35.3 Å². The van der Waals surface area contributed by atoms with E-state index in [1.807, 2.05) is 0 Å². The van der Waals surface area contributed by atoms with E-state index in [1.54, 1.807) is 6.26 Å².